The molecule has 5 heteroatoms. The van der Waals surface area contributed by atoms with E-state index in [1.807, 2.05) is 0 Å². The third-order valence-corrected chi connectivity index (χ3v) is 5.52. The molecular weight excluding hydrogens is 236 g/mol. The third-order valence-electron chi connectivity index (χ3n) is 3.97. The Morgan fingerprint density at radius 1 is 1.12 bits per heavy atom. The second-order valence-electron chi connectivity index (χ2n) is 5.47. The third kappa shape index (κ3) is 4.56. The molecule has 2 fully saturated rings. The zero-order chi connectivity index (χ0) is 12.1. The van der Waals surface area contributed by atoms with E-state index in [-0.39, 0.29) is 0 Å². The van der Waals surface area contributed by atoms with Gasteiger partial charge in [0.25, 0.3) is 0 Å². The lowest BCUT2D eigenvalue weighted by Crippen LogP contribution is -2.32. The van der Waals surface area contributed by atoms with Crippen molar-refractivity contribution in [2.75, 3.05) is 25.4 Å². The largest absolute Gasteiger partial charge is 0.316 e. The Morgan fingerprint density at radius 2 is 1.88 bits per heavy atom. The van der Waals surface area contributed by atoms with Crippen LogP contribution in [0.1, 0.15) is 38.5 Å². The second-order valence-corrected chi connectivity index (χ2v) is 7.33. The van der Waals surface area contributed by atoms with E-state index in [0.717, 1.165) is 31.8 Å². The monoisotopic (exact) mass is 260 g/mol. The summed E-state index contributed by atoms with van der Waals surface area (Å²) in [6.45, 7) is 2.44. The standard InChI is InChI=1S/C12H24N2O2S/c15-17(16,10-12-5-7-13-9-12)14-8-6-11-3-1-2-4-11/h11-14H,1-10H2. The van der Waals surface area contributed by atoms with Crippen LogP contribution in [0, 0.1) is 11.8 Å². The highest BCUT2D eigenvalue weighted by Crippen LogP contribution is 2.26. The predicted octanol–water partition coefficient (Wildman–Crippen LogP) is 1.10. The lowest BCUT2D eigenvalue weighted by Gasteiger charge is -2.12. The molecule has 100 valence electrons. The van der Waals surface area contributed by atoms with Gasteiger partial charge < -0.3 is 5.32 Å². The molecule has 0 radical (unpaired) electrons. The second kappa shape index (κ2) is 6.16. The van der Waals surface area contributed by atoms with Crippen molar-refractivity contribution in [1.82, 2.24) is 10.0 Å². The molecule has 17 heavy (non-hydrogen) atoms. The van der Waals surface area contributed by atoms with Gasteiger partial charge in [0.1, 0.15) is 0 Å². The van der Waals surface area contributed by atoms with Gasteiger partial charge in [0.15, 0.2) is 0 Å². The summed E-state index contributed by atoms with van der Waals surface area (Å²) in [5.74, 6) is 1.36. The van der Waals surface area contributed by atoms with E-state index in [9.17, 15) is 8.42 Å². The average Bonchev–Trinajstić information content (AvgIpc) is 2.89. The Hall–Kier alpha value is -0.130. The minimum Gasteiger partial charge on any atom is -0.316 e. The van der Waals surface area contributed by atoms with Crippen LogP contribution < -0.4 is 10.0 Å². The molecular formula is C12H24N2O2S. The van der Waals surface area contributed by atoms with Crippen LogP contribution in [0.5, 0.6) is 0 Å². The van der Waals surface area contributed by atoms with Gasteiger partial charge in [0, 0.05) is 6.54 Å². The molecule has 2 N–H and O–H groups in total. The summed E-state index contributed by atoms with van der Waals surface area (Å²) in [4.78, 5) is 0. The molecule has 1 saturated heterocycles. The van der Waals surface area contributed by atoms with Crippen LogP contribution in [0.2, 0.25) is 0 Å². The maximum atomic E-state index is 11.8. The van der Waals surface area contributed by atoms with Crippen LogP contribution in [-0.4, -0.2) is 33.8 Å². The molecule has 0 bridgehead atoms. The zero-order valence-electron chi connectivity index (χ0n) is 10.5. The molecule has 0 aromatic heterocycles. The minimum absolute atomic E-state index is 0.296. The first-order valence-electron chi connectivity index (χ1n) is 6.84. The predicted molar refractivity (Wildman–Crippen MR) is 69.3 cm³/mol. The zero-order valence-corrected chi connectivity index (χ0v) is 11.3. The van der Waals surface area contributed by atoms with E-state index in [1.165, 1.54) is 25.7 Å². The summed E-state index contributed by atoms with van der Waals surface area (Å²) >= 11 is 0. The quantitative estimate of drug-likeness (QED) is 0.752. The smallest absolute Gasteiger partial charge is 0.211 e. The topological polar surface area (TPSA) is 58.2 Å². The van der Waals surface area contributed by atoms with Gasteiger partial charge in [0.2, 0.25) is 10.0 Å². The maximum Gasteiger partial charge on any atom is 0.211 e. The van der Waals surface area contributed by atoms with Crippen molar-refractivity contribution in [1.29, 1.82) is 0 Å². The SMILES string of the molecule is O=S(=O)(CC1CCNC1)NCCC1CCCC1. The molecule has 0 spiro atoms. The fourth-order valence-corrected chi connectivity index (χ4v) is 4.40. The lowest BCUT2D eigenvalue weighted by atomic mass is 10.1. The number of hydrogen-bond donors (Lipinski definition) is 2. The van der Waals surface area contributed by atoms with E-state index in [2.05, 4.69) is 10.0 Å². The van der Waals surface area contributed by atoms with E-state index >= 15 is 0 Å². The molecule has 0 amide bonds. The highest BCUT2D eigenvalue weighted by molar-refractivity contribution is 7.89. The summed E-state index contributed by atoms with van der Waals surface area (Å²) in [5.41, 5.74) is 0. The van der Waals surface area contributed by atoms with Crippen molar-refractivity contribution in [2.45, 2.75) is 38.5 Å². The Morgan fingerprint density at radius 3 is 2.53 bits per heavy atom. The first kappa shape index (κ1) is 13.3. The Balaban J connectivity index is 1.65. The first-order valence-corrected chi connectivity index (χ1v) is 8.49. The Labute approximate surface area is 105 Å². The van der Waals surface area contributed by atoms with Crippen LogP contribution in [0.15, 0.2) is 0 Å². The van der Waals surface area contributed by atoms with Crippen LogP contribution in [-0.2, 0) is 10.0 Å². The summed E-state index contributed by atoms with van der Waals surface area (Å²) in [7, 11) is -3.05. The number of hydrogen-bond acceptors (Lipinski definition) is 3. The fourth-order valence-electron chi connectivity index (χ4n) is 2.94. The molecule has 1 unspecified atom stereocenters. The van der Waals surface area contributed by atoms with E-state index in [0.29, 0.717) is 18.2 Å². The van der Waals surface area contributed by atoms with Crippen molar-refractivity contribution in [3.8, 4) is 0 Å². The van der Waals surface area contributed by atoms with Crippen molar-refractivity contribution in [3.05, 3.63) is 0 Å². The van der Waals surface area contributed by atoms with Crippen LogP contribution in [0.4, 0.5) is 0 Å². The van der Waals surface area contributed by atoms with Gasteiger partial charge in [-0.15, -0.1) is 0 Å². The van der Waals surface area contributed by atoms with Gasteiger partial charge in [-0.3, -0.25) is 0 Å². The van der Waals surface area contributed by atoms with Gasteiger partial charge >= 0.3 is 0 Å². The van der Waals surface area contributed by atoms with E-state index in [1.54, 1.807) is 0 Å². The minimum atomic E-state index is -3.05. The van der Waals surface area contributed by atoms with E-state index < -0.39 is 10.0 Å². The van der Waals surface area contributed by atoms with Crippen molar-refractivity contribution in [2.24, 2.45) is 11.8 Å². The maximum absolute atomic E-state index is 11.8. The van der Waals surface area contributed by atoms with Crippen molar-refractivity contribution < 1.29 is 8.42 Å². The number of sulfonamides is 1. The molecule has 4 nitrogen and oxygen atoms in total. The number of rotatable bonds is 6. The molecule has 1 heterocycles. The molecule has 1 aliphatic carbocycles. The molecule has 1 aliphatic heterocycles. The molecule has 2 rings (SSSR count). The van der Waals surface area contributed by atoms with Crippen molar-refractivity contribution in [3.63, 3.8) is 0 Å². The first-order chi connectivity index (χ1) is 8.16. The van der Waals surface area contributed by atoms with E-state index in [4.69, 9.17) is 0 Å². The van der Waals surface area contributed by atoms with Crippen LogP contribution >= 0.6 is 0 Å². The lowest BCUT2D eigenvalue weighted by molar-refractivity contribution is 0.493. The molecule has 0 aromatic rings. The van der Waals surface area contributed by atoms with Gasteiger partial charge in [0.05, 0.1) is 5.75 Å². The van der Waals surface area contributed by atoms with Crippen molar-refractivity contribution >= 4 is 10.0 Å². The summed E-state index contributed by atoms with van der Waals surface area (Å²) < 4.78 is 26.4. The highest BCUT2D eigenvalue weighted by Gasteiger charge is 2.22. The summed E-state index contributed by atoms with van der Waals surface area (Å²) in [6, 6.07) is 0. The number of nitrogens with one attached hydrogen (secondary N) is 2. The molecule has 2 aliphatic rings. The van der Waals surface area contributed by atoms with Gasteiger partial charge in [-0.2, -0.15) is 0 Å². The Bertz CT molecular complexity index is 317. The van der Waals surface area contributed by atoms with Crippen LogP contribution in [0.3, 0.4) is 0 Å². The van der Waals surface area contributed by atoms with Crippen LogP contribution in [0.25, 0.3) is 0 Å². The Kier molecular flexibility index (Phi) is 4.82. The molecule has 1 saturated carbocycles. The highest BCUT2D eigenvalue weighted by atomic mass is 32.2. The van der Waals surface area contributed by atoms with Gasteiger partial charge in [-0.05, 0) is 37.8 Å². The van der Waals surface area contributed by atoms with Gasteiger partial charge in [-0.25, -0.2) is 13.1 Å². The fraction of sp³-hybridized carbons (Fsp3) is 1.00. The summed E-state index contributed by atoms with van der Waals surface area (Å²) in [5, 5.41) is 3.20. The normalized spacial score (nSPS) is 26.7. The summed E-state index contributed by atoms with van der Waals surface area (Å²) in [6.07, 6.45) is 7.23. The molecule has 1 atom stereocenters. The average molecular weight is 260 g/mol. The van der Waals surface area contributed by atoms with Gasteiger partial charge in [-0.1, -0.05) is 25.7 Å². The molecule has 0 aromatic carbocycles.